The topological polar surface area (TPSA) is 38.3 Å². The lowest BCUT2D eigenvalue weighted by atomic mass is 10.3. The Labute approximate surface area is 84.6 Å². The Bertz CT molecular complexity index is 395. The summed E-state index contributed by atoms with van der Waals surface area (Å²) in [5.74, 6) is -0.00423. The van der Waals surface area contributed by atoms with Gasteiger partial charge in [0.1, 0.15) is 0 Å². The molecule has 0 aromatic heterocycles. The highest BCUT2D eigenvalue weighted by Crippen LogP contribution is 2.35. The first-order valence-corrected chi connectivity index (χ1v) is 4.99. The molecule has 14 heavy (non-hydrogen) atoms. The number of rotatable bonds is 1. The van der Waals surface area contributed by atoms with Gasteiger partial charge in [-0.1, -0.05) is 0 Å². The summed E-state index contributed by atoms with van der Waals surface area (Å²) < 4.78 is 18.1. The van der Waals surface area contributed by atoms with Gasteiger partial charge >= 0.3 is 0 Å². The maximum Gasteiger partial charge on any atom is 0.234 e. The predicted octanol–water partition coefficient (Wildman–Crippen LogP) is 1.88. The smallest absolute Gasteiger partial charge is 0.234 e. The second kappa shape index (κ2) is 3.49. The third-order valence-corrected chi connectivity index (χ3v) is 2.94. The van der Waals surface area contributed by atoms with Crippen LogP contribution >= 0.6 is 11.8 Å². The van der Waals surface area contributed by atoms with Gasteiger partial charge in [-0.25, -0.2) is 4.39 Å². The van der Waals surface area contributed by atoms with E-state index in [1.54, 1.807) is 6.07 Å². The molecule has 0 radical (unpaired) electrons. The summed E-state index contributed by atoms with van der Waals surface area (Å²) in [6, 6.07) is 2.87. The van der Waals surface area contributed by atoms with Gasteiger partial charge in [0.05, 0.1) is 18.6 Å². The molecule has 1 aliphatic heterocycles. The zero-order chi connectivity index (χ0) is 10.1. The Balaban J connectivity index is 2.45. The number of carbonyl (C=O) groups is 1. The highest BCUT2D eigenvalue weighted by molar-refractivity contribution is 8.00. The van der Waals surface area contributed by atoms with Crippen LogP contribution in [-0.2, 0) is 4.79 Å². The summed E-state index contributed by atoms with van der Waals surface area (Å²) in [6.07, 6.45) is 0. The summed E-state index contributed by atoms with van der Waals surface area (Å²) in [5, 5.41) is 2.60. The van der Waals surface area contributed by atoms with E-state index in [9.17, 15) is 9.18 Å². The molecule has 0 unspecified atom stereocenters. The van der Waals surface area contributed by atoms with E-state index in [-0.39, 0.29) is 11.7 Å². The van der Waals surface area contributed by atoms with Crippen LogP contribution in [-0.4, -0.2) is 18.8 Å². The average Bonchev–Trinajstić information content (AvgIpc) is 2.16. The first-order chi connectivity index (χ1) is 6.70. The maximum atomic E-state index is 13.2. The van der Waals surface area contributed by atoms with Gasteiger partial charge in [0, 0.05) is 11.0 Å². The molecule has 74 valence electrons. The fourth-order valence-corrected chi connectivity index (χ4v) is 2.05. The molecule has 0 bridgehead atoms. The molecule has 1 heterocycles. The van der Waals surface area contributed by atoms with Crippen LogP contribution in [0.5, 0.6) is 5.75 Å². The lowest BCUT2D eigenvalue weighted by Crippen LogP contribution is -2.18. The number of benzene rings is 1. The zero-order valence-electron chi connectivity index (χ0n) is 7.46. The molecule has 1 amide bonds. The van der Waals surface area contributed by atoms with Crippen molar-refractivity contribution in [2.24, 2.45) is 0 Å². The maximum absolute atomic E-state index is 13.2. The van der Waals surface area contributed by atoms with Gasteiger partial charge < -0.3 is 10.1 Å². The van der Waals surface area contributed by atoms with Crippen LogP contribution in [0.3, 0.4) is 0 Å². The van der Waals surface area contributed by atoms with Crippen molar-refractivity contribution in [3.05, 3.63) is 17.9 Å². The average molecular weight is 213 g/mol. The molecule has 1 N–H and O–H groups in total. The molecule has 0 aliphatic carbocycles. The number of fused-ring (bicyclic) bond motifs is 1. The molecule has 5 heteroatoms. The summed E-state index contributed by atoms with van der Waals surface area (Å²) in [7, 11) is 1.41. The minimum Gasteiger partial charge on any atom is -0.494 e. The SMILES string of the molecule is COc1cc2c(cc1F)NC(=O)CS2. The number of anilines is 1. The van der Waals surface area contributed by atoms with Crippen LogP contribution in [0, 0.1) is 5.82 Å². The van der Waals surface area contributed by atoms with Gasteiger partial charge in [0.2, 0.25) is 5.91 Å². The van der Waals surface area contributed by atoms with Crippen molar-refractivity contribution < 1.29 is 13.9 Å². The predicted molar refractivity (Wildman–Crippen MR) is 52.3 cm³/mol. The van der Waals surface area contributed by atoms with Gasteiger partial charge in [-0.3, -0.25) is 4.79 Å². The van der Waals surface area contributed by atoms with E-state index in [2.05, 4.69) is 5.32 Å². The Hall–Kier alpha value is -1.23. The normalized spacial score (nSPS) is 14.6. The van der Waals surface area contributed by atoms with E-state index >= 15 is 0 Å². The van der Waals surface area contributed by atoms with Gasteiger partial charge in [-0.05, 0) is 6.07 Å². The van der Waals surface area contributed by atoms with E-state index in [0.29, 0.717) is 11.4 Å². The zero-order valence-corrected chi connectivity index (χ0v) is 8.28. The number of hydrogen-bond donors (Lipinski definition) is 1. The Kier molecular flexibility index (Phi) is 2.33. The van der Waals surface area contributed by atoms with Crippen molar-refractivity contribution >= 4 is 23.4 Å². The van der Waals surface area contributed by atoms with Crippen molar-refractivity contribution in [3.8, 4) is 5.75 Å². The quantitative estimate of drug-likeness (QED) is 0.774. The molecule has 0 saturated carbocycles. The fraction of sp³-hybridized carbons (Fsp3) is 0.222. The minimum atomic E-state index is -0.464. The number of methoxy groups -OCH3 is 1. The standard InChI is InChI=1S/C9H8FNO2S/c1-13-7-3-8-6(2-5(7)10)11-9(12)4-14-8/h2-3H,4H2,1H3,(H,11,12). The fourth-order valence-electron chi connectivity index (χ4n) is 1.24. The molecule has 3 nitrogen and oxygen atoms in total. The Morgan fingerprint density at radius 1 is 1.57 bits per heavy atom. The van der Waals surface area contributed by atoms with Crippen molar-refractivity contribution in [1.29, 1.82) is 0 Å². The first-order valence-electron chi connectivity index (χ1n) is 4.01. The molecular formula is C9H8FNO2S. The molecule has 2 rings (SSSR count). The summed E-state index contributed by atoms with van der Waals surface area (Å²) in [4.78, 5) is 11.8. The highest BCUT2D eigenvalue weighted by atomic mass is 32.2. The third kappa shape index (κ3) is 1.55. The van der Waals surface area contributed by atoms with Crippen LogP contribution in [0.15, 0.2) is 17.0 Å². The van der Waals surface area contributed by atoms with Crippen LogP contribution < -0.4 is 10.1 Å². The summed E-state index contributed by atoms with van der Waals surface area (Å²) in [6.45, 7) is 0. The van der Waals surface area contributed by atoms with E-state index in [0.717, 1.165) is 4.90 Å². The van der Waals surface area contributed by atoms with Crippen molar-refractivity contribution in [2.45, 2.75) is 4.90 Å². The van der Waals surface area contributed by atoms with Crippen LogP contribution in [0.4, 0.5) is 10.1 Å². The molecule has 1 aliphatic rings. The number of amides is 1. The molecule has 0 fully saturated rings. The van der Waals surface area contributed by atoms with Crippen LogP contribution in [0.1, 0.15) is 0 Å². The second-order valence-electron chi connectivity index (χ2n) is 2.82. The van der Waals surface area contributed by atoms with Gasteiger partial charge in [-0.15, -0.1) is 11.8 Å². The molecular weight excluding hydrogens is 205 g/mol. The Morgan fingerprint density at radius 3 is 3.07 bits per heavy atom. The number of hydrogen-bond acceptors (Lipinski definition) is 3. The summed E-state index contributed by atoms with van der Waals surface area (Å²) in [5.41, 5.74) is 0.518. The van der Waals surface area contributed by atoms with E-state index in [1.165, 1.54) is 24.9 Å². The third-order valence-electron chi connectivity index (χ3n) is 1.89. The highest BCUT2D eigenvalue weighted by Gasteiger charge is 2.18. The monoisotopic (exact) mass is 213 g/mol. The Morgan fingerprint density at radius 2 is 2.36 bits per heavy atom. The second-order valence-corrected chi connectivity index (χ2v) is 3.84. The van der Waals surface area contributed by atoms with Crippen LogP contribution in [0.25, 0.3) is 0 Å². The van der Waals surface area contributed by atoms with E-state index < -0.39 is 5.82 Å². The molecule has 0 saturated heterocycles. The number of carbonyl (C=O) groups excluding carboxylic acids is 1. The molecule has 1 aromatic carbocycles. The number of nitrogens with one attached hydrogen (secondary N) is 1. The first kappa shape index (κ1) is 9.33. The molecule has 0 atom stereocenters. The minimum absolute atomic E-state index is 0.105. The van der Waals surface area contributed by atoms with Crippen molar-refractivity contribution in [3.63, 3.8) is 0 Å². The largest absolute Gasteiger partial charge is 0.494 e. The lowest BCUT2D eigenvalue weighted by Gasteiger charge is -2.17. The van der Waals surface area contributed by atoms with E-state index in [4.69, 9.17) is 4.74 Å². The van der Waals surface area contributed by atoms with Crippen molar-refractivity contribution in [1.82, 2.24) is 0 Å². The lowest BCUT2D eigenvalue weighted by molar-refractivity contribution is -0.113. The molecule has 0 spiro atoms. The van der Waals surface area contributed by atoms with Crippen LogP contribution in [0.2, 0.25) is 0 Å². The number of thioether (sulfide) groups is 1. The summed E-state index contributed by atoms with van der Waals surface area (Å²) >= 11 is 1.38. The number of halogens is 1. The number of ether oxygens (including phenoxy) is 1. The van der Waals surface area contributed by atoms with Gasteiger partial charge in [0.25, 0.3) is 0 Å². The van der Waals surface area contributed by atoms with E-state index in [1.807, 2.05) is 0 Å². The van der Waals surface area contributed by atoms with Gasteiger partial charge in [0.15, 0.2) is 11.6 Å². The van der Waals surface area contributed by atoms with Gasteiger partial charge in [-0.2, -0.15) is 0 Å². The molecule has 1 aromatic rings. The van der Waals surface area contributed by atoms with Crippen molar-refractivity contribution in [2.75, 3.05) is 18.2 Å².